The van der Waals surface area contributed by atoms with E-state index in [1.165, 1.54) is 19.2 Å². The summed E-state index contributed by atoms with van der Waals surface area (Å²) >= 11 is 0. The lowest BCUT2D eigenvalue weighted by molar-refractivity contribution is 0.0746. The average molecular weight is 404 g/mol. The molecule has 2 aromatic rings. The number of nitrogens with one attached hydrogen (secondary N) is 1. The lowest BCUT2D eigenvalue weighted by Gasteiger charge is -2.36. The van der Waals surface area contributed by atoms with E-state index >= 15 is 0 Å². The first-order valence-corrected chi connectivity index (χ1v) is 10.7. The van der Waals surface area contributed by atoms with Gasteiger partial charge in [0.05, 0.1) is 7.11 Å². The van der Waals surface area contributed by atoms with E-state index in [1.54, 1.807) is 17.9 Å². The molecule has 1 fully saturated rings. The predicted molar refractivity (Wildman–Crippen MR) is 108 cm³/mol. The van der Waals surface area contributed by atoms with Crippen LogP contribution in [-0.2, 0) is 10.0 Å². The molecule has 1 aliphatic rings. The molecule has 0 unspecified atom stereocenters. The van der Waals surface area contributed by atoms with Crippen molar-refractivity contribution in [2.45, 2.75) is 11.8 Å². The van der Waals surface area contributed by atoms with Crippen LogP contribution in [0.15, 0.2) is 53.4 Å². The molecule has 1 heterocycles. The number of ether oxygens (including phenoxy) is 1. The first-order chi connectivity index (χ1) is 13.5. The van der Waals surface area contributed by atoms with E-state index in [0.29, 0.717) is 18.7 Å². The van der Waals surface area contributed by atoms with Gasteiger partial charge >= 0.3 is 0 Å². The minimum Gasteiger partial charge on any atom is -0.495 e. The van der Waals surface area contributed by atoms with Gasteiger partial charge in [-0.2, -0.15) is 0 Å². The fraction of sp³-hybridized carbons (Fsp3) is 0.350. The molecule has 1 N–H and O–H groups in total. The Balaban J connectivity index is 1.76. The predicted octanol–water partition coefficient (Wildman–Crippen LogP) is 1.96. The van der Waals surface area contributed by atoms with Gasteiger partial charge in [-0.15, -0.1) is 0 Å². The summed E-state index contributed by atoms with van der Waals surface area (Å²) in [5.41, 5.74) is 1.48. The zero-order valence-electron chi connectivity index (χ0n) is 16.1. The number of rotatable bonds is 6. The molecule has 0 bridgehead atoms. The van der Waals surface area contributed by atoms with E-state index in [1.807, 2.05) is 18.2 Å². The number of nitrogens with zero attached hydrogens (tertiary/aromatic N) is 2. The van der Waals surface area contributed by atoms with Crippen LogP contribution in [0, 0.1) is 0 Å². The number of amides is 1. The second-order valence-corrected chi connectivity index (χ2v) is 8.22. The van der Waals surface area contributed by atoms with Gasteiger partial charge in [0.15, 0.2) is 0 Å². The maximum atomic E-state index is 12.9. The lowest BCUT2D eigenvalue weighted by Crippen LogP contribution is -2.48. The quantitative estimate of drug-likeness (QED) is 0.798. The van der Waals surface area contributed by atoms with Gasteiger partial charge in [0.1, 0.15) is 10.6 Å². The molecule has 2 aromatic carbocycles. The molecule has 1 saturated heterocycles. The first-order valence-electron chi connectivity index (χ1n) is 9.23. The topological polar surface area (TPSA) is 79.0 Å². The van der Waals surface area contributed by atoms with Crippen LogP contribution in [0.1, 0.15) is 17.3 Å². The molecule has 28 heavy (non-hydrogen) atoms. The number of piperazine rings is 1. The molecule has 0 atom stereocenters. The van der Waals surface area contributed by atoms with Crippen molar-refractivity contribution in [3.8, 4) is 5.75 Å². The molecule has 0 aliphatic carbocycles. The third kappa shape index (κ3) is 4.28. The van der Waals surface area contributed by atoms with Crippen LogP contribution < -0.4 is 14.4 Å². The molecule has 0 spiro atoms. The van der Waals surface area contributed by atoms with Crippen molar-refractivity contribution in [1.82, 2.24) is 9.62 Å². The maximum absolute atomic E-state index is 12.9. The standard InChI is InChI=1S/C20H25N3O4S/c1-3-21-28(25,26)19-15-16(9-10-18(19)27-2)20(24)23-13-11-22(12-14-23)17-7-5-4-6-8-17/h4-10,15,21H,3,11-14H2,1-2H3. The van der Waals surface area contributed by atoms with Gasteiger partial charge in [0, 0.05) is 44.0 Å². The monoisotopic (exact) mass is 403 g/mol. The minimum atomic E-state index is -3.74. The zero-order chi connectivity index (χ0) is 20.1. The van der Waals surface area contributed by atoms with Gasteiger partial charge in [-0.1, -0.05) is 25.1 Å². The zero-order valence-corrected chi connectivity index (χ0v) is 16.9. The van der Waals surface area contributed by atoms with Gasteiger partial charge in [-0.25, -0.2) is 13.1 Å². The van der Waals surface area contributed by atoms with Crippen molar-refractivity contribution in [2.24, 2.45) is 0 Å². The molecule has 7 nitrogen and oxygen atoms in total. The SMILES string of the molecule is CCNS(=O)(=O)c1cc(C(=O)N2CCN(c3ccccc3)CC2)ccc1OC. The Hall–Kier alpha value is -2.58. The summed E-state index contributed by atoms with van der Waals surface area (Å²) in [6, 6.07) is 14.6. The van der Waals surface area contributed by atoms with Gasteiger partial charge in [-0.05, 0) is 30.3 Å². The molecule has 0 saturated carbocycles. The second-order valence-electron chi connectivity index (χ2n) is 6.48. The molecule has 8 heteroatoms. The van der Waals surface area contributed by atoms with E-state index in [0.717, 1.165) is 18.8 Å². The Morgan fingerprint density at radius 1 is 1.07 bits per heavy atom. The summed E-state index contributed by atoms with van der Waals surface area (Å²) in [6.45, 7) is 4.57. The van der Waals surface area contributed by atoms with Crippen molar-refractivity contribution in [3.05, 3.63) is 54.1 Å². The summed E-state index contributed by atoms with van der Waals surface area (Å²) < 4.78 is 32.5. The van der Waals surface area contributed by atoms with Crippen molar-refractivity contribution in [2.75, 3.05) is 44.7 Å². The highest BCUT2D eigenvalue weighted by molar-refractivity contribution is 7.89. The maximum Gasteiger partial charge on any atom is 0.254 e. The Bertz CT molecular complexity index is 924. The van der Waals surface area contributed by atoms with E-state index < -0.39 is 10.0 Å². The Morgan fingerprint density at radius 3 is 2.36 bits per heavy atom. The Morgan fingerprint density at radius 2 is 1.75 bits per heavy atom. The summed E-state index contributed by atoms with van der Waals surface area (Å²) in [6.07, 6.45) is 0. The van der Waals surface area contributed by atoms with E-state index in [9.17, 15) is 13.2 Å². The number of benzene rings is 2. The van der Waals surface area contributed by atoms with Crippen molar-refractivity contribution >= 4 is 21.6 Å². The van der Waals surface area contributed by atoms with Crippen LogP contribution in [-0.4, -0.2) is 59.1 Å². The van der Waals surface area contributed by atoms with Crippen LogP contribution >= 0.6 is 0 Å². The van der Waals surface area contributed by atoms with Crippen LogP contribution in [0.3, 0.4) is 0 Å². The fourth-order valence-electron chi connectivity index (χ4n) is 3.28. The molecule has 3 rings (SSSR count). The number of hydrogen-bond acceptors (Lipinski definition) is 5. The number of para-hydroxylation sites is 1. The summed E-state index contributed by atoms with van der Waals surface area (Å²) in [7, 11) is -2.33. The van der Waals surface area contributed by atoms with Crippen molar-refractivity contribution in [1.29, 1.82) is 0 Å². The molecular formula is C20H25N3O4S. The third-order valence-corrected chi connectivity index (χ3v) is 6.29. The number of carbonyl (C=O) groups is 1. The highest BCUT2D eigenvalue weighted by Crippen LogP contribution is 2.26. The highest BCUT2D eigenvalue weighted by Gasteiger charge is 2.25. The molecule has 1 aliphatic heterocycles. The molecule has 1 amide bonds. The molecule has 0 radical (unpaired) electrons. The number of hydrogen-bond donors (Lipinski definition) is 1. The normalized spacial score (nSPS) is 14.8. The largest absolute Gasteiger partial charge is 0.495 e. The number of carbonyl (C=O) groups excluding carboxylic acids is 1. The van der Waals surface area contributed by atoms with E-state index in [2.05, 4.69) is 21.8 Å². The average Bonchev–Trinajstić information content (AvgIpc) is 2.73. The van der Waals surface area contributed by atoms with Crippen LogP contribution in [0.4, 0.5) is 5.69 Å². The van der Waals surface area contributed by atoms with Crippen LogP contribution in [0.2, 0.25) is 0 Å². The van der Waals surface area contributed by atoms with Crippen LogP contribution in [0.25, 0.3) is 0 Å². The lowest BCUT2D eigenvalue weighted by atomic mass is 10.1. The highest BCUT2D eigenvalue weighted by atomic mass is 32.2. The molecule has 150 valence electrons. The summed E-state index contributed by atoms with van der Waals surface area (Å²) in [4.78, 5) is 16.9. The van der Waals surface area contributed by atoms with Gasteiger partial charge in [0.2, 0.25) is 10.0 Å². The second kappa shape index (κ2) is 8.62. The van der Waals surface area contributed by atoms with Crippen molar-refractivity contribution in [3.63, 3.8) is 0 Å². The molecule has 0 aromatic heterocycles. The fourth-order valence-corrected chi connectivity index (χ4v) is 4.51. The van der Waals surface area contributed by atoms with Crippen LogP contribution in [0.5, 0.6) is 5.75 Å². The number of methoxy groups -OCH3 is 1. The minimum absolute atomic E-state index is 0.0226. The van der Waals surface area contributed by atoms with Gasteiger partial charge in [0.25, 0.3) is 5.91 Å². The van der Waals surface area contributed by atoms with E-state index in [-0.39, 0.29) is 23.1 Å². The molecular weight excluding hydrogens is 378 g/mol. The van der Waals surface area contributed by atoms with Crippen molar-refractivity contribution < 1.29 is 17.9 Å². The van der Waals surface area contributed by atoms with E-state index in [4.69, 9.17) is 4.74 Å². The Labute approximate surface area is 166 Å². The summed E-state index contributed by atoms with van der Waals surface area (Å²) in [5.74, 6) is 0.0368. The van der Waals surface area contributed by atoms with Gasteiger partial charge < -0.3 is 14.5 Å². The Kier molecular flexibility index (Phi) is 6.21. The van der Waals surface area contributed by atoms with Gasteiger partial charge in [-0.3, -0.25) is 4.79 Å². The summed E-state index contributed by atoms with van der Waals surface area (Å²) in [5, 5.41) is 0. The third-order valence-electron chi connectivity index (χ3n) is 4.72. The number of anilines is 1. The smallest absolute Gasteiger partial charge is 0.254 e. The number of sulfonamides is 1. The first kappa shape index (κ1) is 20.2.